The van der Waals surface area contributed by atoms with Gasteiger partial charge in [0.15, 0.2) is 0 Å². The second-order valence-electron chi connectivity index (χ2n) is 14.1. The van der Waals surface area contributed by atoms with Crippen molar-refractivity contribution in [2.45, 2.75) is 113 Å². The van der Waals surface area contributed by atoms with E-state index >= 15 is 0 Å². The number of ether oxygens (including phenoxy) is 3. The van der Waals surface area contributed by atoms with Crippen LogP contribution in [0.2, 0.25) is 0 Å². The van der Waals surface area contributed by atoms with E-state index in [1.165, 1.54) is 23.0 Å². The number of allylic oxidation sites excluding steroid dienone is 1. The third kappa shape index (κ3) is 7.59. The maximum Gasteiger partial charge on any atom is 0.410 e. The number of carboxylic acids is 1. The number of amides is 4. The lowest BCUT2D eigenvalue weighted by molar-refractivity contribution is -0.145. The minimum atomic E-state index is -1.50. The summed E-state index contributed by atoms with van der Waals surface area (Å²) in [6, 6.07) is 1.93. The summed E-state index contributed by atoms with van der Waals surface area (Å²) in [5, 5.41) is 15.6. The molecule has 0 aromatic heterocycles. The maximum atomic E-state index is 14.6. The minimum Gasteiger partial charge on any atom is -0.479 e. The molecule has 14 heteroatoms. The van der Waals surface area contributed by atoms with Crippen molar-refractivity contribution in [3.63, 3.8) is 0 Å². The Kier molecular flexibility index (Phi) is 10.9. The molecule has 6 atom stereocenters. The van der Waals surface area contributed by atoms with Gasteiger partial charge in [-0.15, -0.1) is 0 Å². The molecule has 0 spiro atoms. The van der Waals surface area contributed by atoms with Gasteiger partial charge in [0.25, 0.3) is 0 Å². The molecule has 50 heavy (non-hydrogen) atoms. The lowest BCUT2D eigenvalue weighted by Gasteiger charge is -2.36. The van der Waals surface area contributed by atoms with Crippen molar-refractivity contribution in [1.82, 2.24) is 20.4 Å². The largest absolute Gasteiger partial charge is 0.479 e. The number of hydrogen-bond donors (Lipinski definition) is 3. The molecule has 0 radical (unpaired) electrons. The number of alkyl carbamates (subject to hydrolysis) is 1. The summed E-state index contributed by atoms with van der Waals surface area (Å²) in [6.07, 6.45) is 8.33. The van der Waals surface area contributed by atoms with E-state index in [1.807, 2.05) is 12.2 Å². The molecule has 2 aliphatic carbocycles. The van der Waals surface area contributed by atoms with Gasteiger partial charge in [0, 0.05) is 26.0 Å². The molecule has 1 unspecified atom stereocenters. The average molecular weight is 699 g/mol. The van der Waals surface area contributed by atoms with E-state index in [4.69, 9.17) is 14.2 Å². The number of carboxylic acid groups (broad SMARTS) is 1. The number of carbonyl (C=O) groups excluding carboxylic acids is 4. The van der Waals surface area contributed by atoms with Crippen LogP contribution in [0.1, 0.15) is 87.8 Å². The molecule has 1 aromatic carbocycles. The van der Waals surface area contributed by atoms with Crippen molar-refractivity contribution < 1.29 is 47.7 Å². The highest BCUT2D eigenvalue weighted by Crippen LogP contribution is 2.45. The number of nitrogens with zero attached hydrogens (tertiary/aromatic N) is 2. The summed E-state index contributed by atoms with van der Waals surface area (Å²) < 4.78 is 31.6. The van der Waals surface area contributed by atoms with Crippen molar-refractivity contribution in [3.8, 4) is 0 Å². The second kappa shape index (κ2) is 15.4. The lowest BCUT2D eigenvalue weighted by atomic mass is 9.93. The Labute approximate surface area is 290 Å². The SMILES string of the molecule is COCC1c2cccc(F)c2CCN1C(=O)O[C@@H]1C[C@H]2C(=O)N[C@]3(C(=O)O)C[C@H]3C=CCCCCC[C@H](NC(=O)OC3CCCC3)C(=O)N2C1. The van der Waals surface area contributed by atoms with Gasteiger partial charge in [0.05, 0.1) is 19.2 Å². The highest BCUT2D eigenvalue weighted by atomic mass is 19.1. The number of fused-ring (bicyclic) bond motifs is 3. The van der Waals surface area contributed by atoms with Crippen LogP contribution in [-0.2, 0) is 35.0 Å². The van der Waals surface area contributed by atoms with Gasteiger partial charge in [-0.2, -0.15) is 0 Å². The number of halogens is 1. The quantitative estimate of drug-likeness (QED) is 0.373. The molecule has 4 amide bonds. The van der Waals surface area contributed by atoms with Crippen LogP contribution in [0.25, 0.3) is 0 Å². The average Bonchev–Trinajstić information content (AvgIpc) is 3.35. The first-order chi connectivity index (χ1) is 24.1. The Morgan fingerprint density at radius 3 is 2.60 bits per heavy atom. The number of rotatable bonds is 6. The Balaban J connectivity index is 1.23. The van der Waals surface area contributed by atoms with Gasteiger partial charge in [-0.05, 0) is 75.0 Å². The van der Waals surface area contributed by atoms with Crippen LogP contribution in [0.4, 0.5) is 14.0 Å². The zero-order valence-corrected chi connectivity index (χ0v) is 28.4. The number of carbonyl (C=O) groups is 5. The molecule has 3 heterocycles. The number of nitrogens with one attached hydrogen (secondary N) is 2. The first kappa shape index (κ1) is 35.6. The molecule has 5 aliphatic rings. The van der Waals surface area contributed by atoms with Crippen LogP contribution < -0.4 is 10.6 Å². The third-order valence-electron chi connectivity index (χ3n) is 10.8. The summed E-state index contributed by atoms with van der Waals surface area (Å²) in [4.78, 5) is 70.0. The molecule has 0 bridgehead atoms. The van der Waals surface area contributed by atoms with Crippen LogP contribution in [0, 0.1) is 11.7 Å². The maximum absolute atomic E-state index is 14.6. The zero-order valence-electron chi connectivity index (χ0n) is 28.4. The Hall–Kier alpha value is -4.20. The van der Waals surface area contributed by atoms with Crippen LogP contribution in [-0.4, -0.2) is 102 Å². The molecule has 3 N–H and O–H groups in total. The van der Waals surface area contributed by atoms with Gasteiger partial charge in [-0.1, -0.05) is 37.1 Å². The normalized spacial score (nSPS) is 30.2. The Morgan fingerprint density at radius 1 is 1.06 bits per heavy atom. The van der Waals surface area contributed by atoms with Crippen LogP contribution in [0.5, 0.6) is 0 Å². The van der Waals surface area contributed by atoms with Gasteiger partial charge >= 0.3 is 18.2 Å². The molecular formula is C36H47FN4O9. The lowest BCUT2D eigenvalue weighted by Crippen LogP contribution is -2.56. The van der Waals surface area contributed by atoms with E-state index in [0.717, 1.165) is 44.9 Å². The highest BCUT2D eigenvalue weighted by molar-refractivity contribution is 5.96. The molecule has 6 rings (SSSR count). The van der Waals surface area contributed by atoms with E-state index in [2.05, 4.69) is 10.6 Å². The fraction of sp³-hybridized carbons (Fsp3) is 0.639. The van der Waals surface area contributed by atoms with Gasteiger partial charge in [-0.3, -0.25) is 14.5 Å². The summed E-state index contributed by atoms with van der Waals surface area (Å²) in [5.41, 5.74) is -0.364. The van der Waals surface area contributed by atoms with Crippen LogP contribution in [0.3, 0.4) is 0 Å². The predicted octanol–water partition coefficient (Wildman–Crippen LogP) is 3.99. The third-order valence-corrected chi connectivity index (χ3v) is 10.8. The highest BCUT2D eigenvalue weighted by Gasteiger charge is 2.61. The molecule has 272 valence electrons. The minimum absolute atomic E-state index is 0.0766. The summed E-state index contributed by atoms with van der Waals surface area (Å²) >= 11 is 0. The van der Waals surface area contributed by atoms with Gasteiger partial charge in [0.2, 0.25) is 11.8 Å². The topological polar surface area (TPSA) is 164 Å². The van der Waals surface area contributed by atoms with E-state index in [-0.39, 0.29) is 50.9 Å². The smallest absolute Gasteiger partial charge is 0.410 e. The first-order valence-corrected chi connectivity index (χ1v) is 17.8. The molecular weight excluding hydrogens is 651 g/mol. The molecule has 1 saturated heterocycles. The molecule has 13 nitrogen and oxygen atoms in total. The number of aliphatic carboxylic acids is 1. The van der Waals surface area contributed by atoms with Gasteiger partial charge in [0.1, 0.15) is 35.6 Å². The molecule has 1 aromatic rings. The van der Waals surface area contributed by atoms with Crippen LogP contribution in [0.15, 0.2) is 30.4 Å². The molecule has 3 aliphatic heterocycles. The number of benzene rings is 1. The number of methoxy groups -OCH3 is 1. The van der Waals surface area contributed by atoms with E-state index in [1.54, 1.807) is 12.1 Å². The second-order valence-corrected chi connectivity index (χ2v) is 14.1. The number of hydrogen-bond acceptors (Lipinski definition) is 8. The van der Waals surface area contributed by atoms with Crippen molar-refractivity contribution in [1.29, 1.82) is 0 Å². The molecule has 2 saturated carbocycles. The fourth-order valence-corrected chi connectivity index (χ4v) is 7.95. The standard InChI is InChI=1S/C36H47FN4O9/c1-48-21-30-26-13-9-14-27(37)25(26)16-17-40(30)35(47)50-24-18-29-31(42)39-36(33(44)45)19-22(36)10-5-3-2-4-6-15-28(32(43)41(29)20-24)38-34(46)49-23-11-7-8-12-23/h5,9-10,13-14,22-24,28-30H,2-4,6-8,11-12,15-21H2,1H3,(H,38,46)(H,39,42)(H,44,45)/t22-,24-,28+,29+,30?,36-/m1/s1. The monoisotopic (exact) mass is 698 g/mol. The molecule has 3 fully saturated rings. The van der Waals surface area contributed by atoms with E-state index in [9.17, 15) is 33.5 Å². The summed E-state index contributed by atoms with van der Waals surface area (Å²) in [5.74, 6) is -3.11. The van der Waals surface area contributed by atoms with Crippen molar-refractivity contribution in [3.05, 3.63) is 47.3 Å². The van der Waals surface area contributed by atoms with Gasteiger partial charge < -0.3 is 34.9 Å². The van der Waals surface area contributed by atoms with Crippen molar-refractivity contribution >= 4 is 30.0 Å². The zero-order chi connectivity index (χ0) is 35.4. The predicted molar refractivity (Wildman–Crippen MR) is 176 cm³/mol. The Morgan fingerprint density at radius 2 is 1.84 bits per heavy atom. The van der Waals surface area contributed by atoms with Crippen molar-refractivity contribution in [2.75, 3.05) is 26.8 Å². The Bertz CT molecular complexity index is 1500. The van der Waals surface area contributed by atoms with E-state index < -0.39 is 65.7 Å². The fourth-order valence-electron chi connectivity index (χ4n) is 7.95. The summed E-state index contributed by atoms with van der Waals surface area (Å²) in [7, 11) is 1.49. The van der Waals surface area contributed by atoms with Crippen molar-refractivity contribution in [2.24, 2.45) is 5.92 Å². The van der Waals surface area contributed by atoms with Crippen LogP contribution >= 0.6 is 0 Å². The van der Waals surface area contributed by atoms with Gasteiger partial charge in [-0.25, -0.2) is 18.8 Å². The van der Waals surface area contributed by atoms with E-state index in [0.29, 0.717) is 24.0 Å². The summed E-state index contributed by atoms with van der Waals surface area (Å²) in [6.45, 7) is 0.129. The first-order valence-electron chi connectivity index (χ1n) is 17.8.